The molecule has 1 aromatic rings. The van der Waals surface area contributed by atoms with Crippen LogP contribution in [0.15, 0.2) is 6.07 Å². The molecule has 2 N–H and O–H groups in total. The van der Waals surface area contributed by atoms with Crippen molar-refractivity contribution in [1.29, 1.82) is 0 Å². The van der Waals surface area contributed by atoms with Gasteiger partial charge < -0.3 is 10.2 Å². The number of fused-ring (bicyclic) bond motifs is 2. The molecule has 4 rings (SSSR count). The van der Waals surface area contributed by atoms with E-state index in [-0.39, 0.29) is 6.03 Å². The number of hydrogen-bond donors (Lipinski definition) is 2. The smallest absolute Gasteiger partial charge is 0.307 e. The van der Waals surface area contributed by atoms with E-state index < -0.39 is 0 Å². The third-order valence-electron chi connectivity index (χ3n) is 5.84. The summed E-state index contributed by atoms with van der Waals surface area (Å²) in [6.07, 6.45) is 8.10. The second-order valence-corrected chi connectivity index (χ2v) is 8.58. The second-order valence-electron chi connectivity index (χ2n) is 7.68. The number of nitrogens with zero attached hydrogens (tertiary/aromatic N) is 2. The molecule has 0 spiro atoms. The van der Waals surface area contributed by atoms with Crippen LogP contribution in [0.5, 0.6) is 0 Å². The van der Waals surface area contributed by atoms with Gasteiger partial charge in [0.25, 0.3) is 0 Å². The zero-order chi connectivity index (χ0) is 17.4. The van der Waals surface area contributed by atoms with Crippen LogP contribution in [0.2, 0.25) is 0 Å². The van der Waals surface area contributed by atoms with Crippen LogP contribution < -0.4 is 10.0 Å². The Labute approximate surface area is 154 Å². The number of likely N-dealkylation sites (N-methyl/N-ethyl adjacent to an activating group) is 1. The molecule has 136 valence electrons. The van der Waals surface area contributed by atoms with Gasteiger partial charge in [0.1, 0.15) is 0 Å². The molecule has 1 aliphatic heterocycles. The van der Waals surface area contributed by atoms with Crippen LogP contribution >= 0.6 is 12.1 Å². The van der Waals surface area contributed by atoms with Crippen molar-refractivity contribution in [3.63, 3.8) is 0 Å². The van der Waals surface area contributed by atoms with Gasteiger partial charge in [-0.1, -0.05) is 6.07 Å². The molecule has 0 saturated carbocycles. The molecule has 3 aliphatic rings. The van der Waals surface area contributed by atoms with Crippen molar-refractivity contribution in [1.82, 2.24) is 13.9 Å². The molecule has 25 heavy (non-hydrogen) atoms. The predicted octanol–water partition coefficient (Wildman–Crippen LogP) is 2.98. The average Bonchev–Trinajstić information content (AvgIpc) is 3.32. The van der Waals surface area contributed by atoms with Crippen molar-refractivity contribution in [3.05, 3.63) is 28.3 Å². The van der Waals surface area contributed by atoms with Crippen LogP contribution in [0.4, 0.5) is 10.5 Å². The summed E-state index contributed by atoms with van der Waals surface area (Å²) in [6, 6.07) is 2.89. The number of amides is 2. The van der Waals surface area contributed by atoms with Crippen LogP contribution in [-0.2, 0) is 25.7 Å². The van der Waals surface area contributed by atoms with Gasteiger partial charge in [-0.15, -0.1) is 0 Å². The largest absolute Gasteiger partial charge is 0.330 e. The summed E-state index contributed by atoms with van der Waals surface area (Å²) in [5.74, 6) is 0. The van der Waals surface area contributed by atoms with Crippen molar-refractivity contribution in [2.24, 2.45) is 0 Å². The molecule has 1 atom stereocenters. The molecule has 6 heteroatoms. The first-order valence-corrected chi connectivity index (χ1v) is 10.2. The highest BCUT2D eigenvalue weighted by molar-refractivity contribution is 7.95. The van der Waals surface area contributed by atoms with Crippen molar-refractivity contribution >= 4 is 23.9 Å². The molecule has 2 amide bonds. The molecule has 1 aromatic carbocycles. The van der Waals surface area contributed by atoms with Gasteiger partial charge >= 0.3 is 6.03 Å². The van der Waals surface area contributed by atoms with Crippen LogP contribution in [0.25, 0.3) is 0 Å². The quantitative estimate of drug-likeness (QED) is 0.811. The van der Waals surface area contributed by atoms with Gasteiger partial charge in [-0.05, 0) is 81.3 Å². The molecule has 1 saturated heterocycles. The standard InChI is InChI=1S/C19H28N4OS/c1-22(2)15-9-10-23(12-15)25-21-19(24)20-18-16-7-3-5-13(16)11-14-6-4-8-17(14)18/h11,15H,3-10,12H2,1-2H3,(H2,20,21,24). The van der Waals surface area contributed by atoms with E-state index in [0.29, 0.717) is 6.04 Å². The summed E-state index contributed by atoms with van der Waals surface area (Å²) in [7, 11) is 4.24. The molecule has 1 fully saturated rings. The van der Waals surface area contributed by atoms with E-state index in [1.807, 2.05) is 0 Å². The van der Waals surface area contributed by atoms with E-state index in [1.165, 1.54) is 47.2 Å². The van der Waals surface area contributed by atoms with E-state index in [0.717, 1.165) is 50.9 Å². The van der Waals surface area contributed by atoms with E-state index in [9.17, 15) is 4.79 Å². The van der Waals surface area contributed by atoms with Crippen LogP contribution in [-0.4, -0.2) is 48.5 Å². The first-order valence-electron chi connectivity index (χ1n) is 9.43. The molecule has 2 aliphatic carbocycles. The number of hydrogen-bond acceptors (Lipinski definition) is 4. The Hall–Kier alpha value is -1.24. The molecular weight excluding hydrogens is 332 g/mol. The van der Waals surface area contributed by atoms with Gasteiger partial charge in [-0.2, -0.15) is 0 Å². The normalized spacial score (nSPS) is 22.3. The Bertz CT molecular complexity index is 644. The molecule has 1 unspecified atom stereocenters. The minimum atomic E-state index is -0.0901. The molecule has 0 aromatic heterocycles. The maximum absolute atomic E-state index is 12.5. The summed E-state index contributed by atoms with van der Waals surface area (Å²) in [5, 5.41) is 3.19. The maximum atomic E-state index is 12.5. The van der Waals surface area contributed by atoms with E-state index in [4.69, 9.17) is 0 Å². The summed E-state index contributed by atoms with van der Waals surface area (Å²) >= 11 is 1.44. The lowest BCUT2D eigenvalue weighted by Gasteiger charge is -2.20. The third-order valence-corrected chi connectivity index (χ3v) is 6.70. The number of benzene rings is 1. The van der Waals surface area contributed by atoms with Gasteiger partial charge in [0.15, 0.2) is 0 Å². The summed E-state index contributed by atoms with van der Waals surface area (Å²) in [4.78, 5) is 14.8. The van der Waals surface area contributed by atoms with Gasteiger partial charge in [-0.3, -0.25) is 4.72 Å². The third kappa shape index (κ3) is 3.52. The number of anilines is 1. The van der Waals surface area contributed by atoms with Crippen molar-refractivity contribution < 1.29 is 4.79 Å². The first-order chi connectivity index (χ1) is 12.1. The maximum Gasteiger partial charge on any atom is 0.330 e. The van der Waals surface area contributed by atoms with Crippen molar-refractivity contribution in [2.45, 2.75) is 51.0 Å². The molecular formula is C19H28N4OS. The predicted molar refractivity (Wildman–Crippen MR) is 104 cm³/mol. The van der Waals surface area contributed by atoms with Gasteiger partial charge in [0, 0.05) is 37.0 Å². The van der Waals surface area contributed by atoms with Gasteiger partial charge in [-0.25, -0.2) is 9.10 Å². The SMILES string of the molecule is CN(C)C1CCN(SNC(=O)Nc2c3c(cc4c2CCC4)CCC3)C1. The number of carbonyl (C=O) groups is 1. The number of rotatable bonds is 4. The van der Waals surface area contributed by atoms with Gasteiger partial charge in [0.2, 0.25) is 0 Å². The molecule has 5 nitrogen and oxygen atoms in total. The molecule has 0 bridgehead atoms. The lowest BCUT2D eigenvalue weighted by molar-refractivity contribution is 0.257. The Morgan fingerprint density at radius 1 is 1.16 bits per heavy atom. The number of carbonyl (C=O) groups excluding carboxylic acids is 1. The Balaban J connectivity index is 1.39. The zero-order valence-corrected chi connectivity index (χ0v) is 16.0. The fourth-order valence-electron chi connectivity index (χ4n) is 4.43. The summed E-state index contributed by atoms with van der Waals surface area (Å²) < 4.78 is 5.23. The van der Waals surface area contributed by atoms with Crippen LogP contribution in [0.1, 0.15) is 41.5 Å². The topological polar surface area (TPSA) is 47.6 Å². The van der Waals surface area contributed by atoms with Crippen molar-refractivity contribution in [2.75, 3.05) is 32.5 Å². The minimum absolute atomic E-state index is 0.0901. The summed E-state index contributed by atoms with van der Waals surface area (Å²) in [6.45, 7) is 2.01. The molecule has 0 radical (unpaired) electrons. The van der Waals surface area contributed by atoms with Crippen LogP contribution in [0.3, 0.4) is 0 Å². The second kappa shape index (κ2) is 7.17. The van der Waals surface area contributed by atoms with E-state index in [1.54, 1.807) is 0 Å². The Morgan fingerprint density at radius 3 is 2.44 bits per heavy atom. The number of urea groups is 1. The minimum Gasteiger partial charge on any atom is -0.307 e. The zero-order valence-electron chi connectivity index (χ0n) is 15.2. The molecule has 1 heterocycles. The number of aryl methyl sites for hydroxylation is 2. The fraction of sp³-hybridized carbons (Fsp3) is 0.632. The Kier molecular flexibility index (Phi) is 4.93. The Morgan fingerprint density at radius 2 is 1.84 bits per heavy atom. The monoisotopic (exact) mass is 360 g/mol. The van der Waals surface area contributed by atoms with E-state index >= 15 is 0 Å². The lowest BCUT2D eigenvalue weighted by atomic mass is 9.99. The highest BCUT2D eigenvalue weighted by Crippen LogP contribution is 2.38. The highest BCUT2D eigenvalue weighted by atomic mass is 32.2. The fourth-order valence-corrected chi connectivity index (χ4v) is 5.13. The highest BCUT2D eigenvalue weighted by Gasteiger charge is 2.27. The van der Waals surface area contributed by atoms with Crippen molar-refractivity contribution in [3.8, 4) is 0 Å². The average molecular weight is 361 g/mol. The first kappa shape index (κ1) is 17.2. The lowest BCUT2D eigenvalue weighted by Crippen LogP contribution is -2.32. The van der Waals surface area contributed by atoms with Gasteiger partial charge in [0.05, 0.1) is 0 Å². The number of nitrogens with one attached hydrogen (secondary N) is 2. The van der Waals surface area contributed by atoms with E-state index in [2.05, 4.69) is 39.4 Å². The summed E-state index contributed by atoms with van der Waals surface area (Å²) in [5.41, 5.74) is 6.80. The van der Waals surface area contributed by atoms with Crippen LogP contribution in [0, 0.1) is 0 Å².